The van der Waals surface area contributed by atoms with Crippen molar-refractivity contribution >= 4 is 17.8 Å². The fourth-order valence-electron chi connectivity index (χ4n) is 3.45. The number of fused-ring (bicyclic) bond motifs is 1. The minimum Gasteiger partial charge on any atom is -0.462 e. The zero-order valence-electron chi connectivity index (χ0n) is 17.3. The van der Waals surface area contributed by atoms with Crippen LogP contribution in [-0.2, 0) is 9.53 Å². The highest BCUT2D eigenvalue weighted by atomic mass is 16.5. The molecule has 6 heteroatoms. The molecule has 1 aliphatic rings. The van der Waals surface area contributed by atoms with Crippen LogP contribution in [0, 0.1) is 0 Å². The molecule has 2 rings (SSSR count). The van der Waals surface area contributed by atoms with E-state index in [9.17, 15) is 14.4 Å². The van der Waals surface area contributed by atoms with Crippen molar-refractivity contribution in [1.82, 2.24) is 4.90 Å². The standard InChI is InChI=1S/C23H32N2O4/c1-18(24)17-21(26)29-16-12-8-6-4-2-3-5-7-11-15-25-22(27)19-13-9-10-14-20(19)23(25)28/h9-10,13-14,17H,2-8,11-12,15-16,24H2,1H3/b18-17-. The zero-order valence-corrected chi connectivity index (χ0v) is 17.3. The minimum absolute atomic E-state index is 0.162. The number of imide groups is 1. The highest BCUT2D eigenvalue weighted by Gasteiger charge is 2.34. The molecule has 6 nitrogen and oxygen atoms in total. The number of nitrogens with two attached hydrogens (primary N) is 1. The van der Waals surface area contributed by atoms with Crippen molar-refractivity contribution in [3.05, 3.63) is 47.2 Å². The molecule has 158 valence electrons. The second-order valence-electron chi connectivity index (χ2n) is 7.55. The molecule has 2 N–H and O–H groups in total. The molecule has 1 aliphatic heterocycles. The second-order valence-corrected chi connectivity index (χ2v) is 7.55. The number of esters is 1. The van der Waals surface area contributed by atoms with E-state index in [0.717, 1.165) is 44.9 Å². The van der Waals surface area contributed by atoms with E-state index in [1.807, 2.05) is 0 Å². The zero-order chi connectivity index (χ0) is 21.1. The molecule has 2 amide bonds. The summed E-state index contributed by atoms with van der Waals surface area (Å²) in [5.74, 6) is -0.692. The van der Waals surface area contributed by atoms with Gasteiger partial charge in [-0.3, -0.25) is 14.5 Å². The lowest BCUT2D eigenvalue weighted by molar-refractivity contribution is -0.137. The molecule has 0 radical (unpaired) electrons. The van der Waals surface area contributed by atoms with Crippen molar-refractivity contribution in [3.63, 3.8) is 0 Å². The van der Waals surface area contributed by atoms with Gasteiger partial charge in [-0.1, -0.05) is 57.1 Å². The lowest BCUT2D eigenvalue weighted by Crippen LogP contribution is -2.30. The van der Waals surface area contributed by atoms with E-state index in [4.69, 9.17) is 10.5 Å². The predicted octanol–water partition coefficient (Wildman–Crippen LogP) is 4.20. The molecule has 1 aromatic carbocycles. The summed E-state index contributed by atoms with van der Waals surface area (Å²) in [7, 11) is 0. The van der Waals surface area contributed by atoms with Gasteiger partial charge in [0.2, 0.25) is 0 Å². The van der Waals surface area contributed by atoms with Gasteiger partial charge in [0.15, 0.2) is 0 Å². The molecule has 0 unspecified atom stereocenters. The Hall–Kier alpha value is -2.63. The Morgan fingerprint density at radius 1 is 0.897 bits per heavy atom. The van der Waals surface area contributed by atoms with E-state index in [0.29, 0.717) is 30.0 Å². The van der Waals surface area contributed by atoms with Gasteiger partial charge < -0.3 is 10.5 Å². The van der Waals surface area contributed by atoms with Gasteiger partial charge in [0.1, 0.15) is 0 Å². The quantitative estimate of drug-likeness (QED) is 0.232. The third-order valence-corrected chi connectivity index (χ3v) is 4.99. The largest absolute Gasteiger partial charge is 0.462 e. The molecule has 0 fully saturated rings. The summed E-state index contributed by atoms with van der Waals surface area (Å²) < 4.78 is 5.06. The lowest BCUT2D eigenvalue weighted by atomic mass is 10.1. The Bertz CT molecular complexity index is 703. The van der Waals surface area contributed by atoms with Crippen LogP contribution in [0.1, 0.15) is 85.4 Å². The molecule has 29 heavy (non-hydrogen) atoms. The molecule has 0 spiro atoms. The van der Waals surface area contributed by atoms with Gasteiger partial charge in [0, 0.05) is 18.3 Å². The smallest absolute Gasteiger partial charge is 0.332 e. The maximum atomic E-state index is 12.3. The number of carbonyl (C=O) groups excluding carboxylic acids is 3. The highest BCUT2D eigenvalue weighted by Crippen LogP contribution is 2.23. The van der Waals surface area contributed by atoms with Crippen LogP contribution in [0.4, 0.5) is 0 Å². The van der Waals surface area contributed by atoms with Crippen LogP contribution in [0.25, 0.3) is 0 Å². The first-order chi connectivity index (χ1) is 14.0. The Kier molecular flexibility index (Phi) is 9.41. The monoisotopic (exact) mass is 400 g/mol. The van der Waals surface area contributed by atoms with E-state index in [1.165, 1.54) is 23.8 Å². The molecule has 0 atom stereocenters. The van der Waals surface area contributed by atoms with Crippen LogP contribution < -0.4 is 5.73 Å². The first-order valence-corrected chi connectivity index (χ1v) is 10.6. The Labute approximate surface area is 173 Å². The molecule has 0 bridgehead atoms. The normalized spacial score (nSPS) is 13.7. The fraction of sp³-hybridized carbons (Fsp3) is 0.522. The molecule has 0 saturated carbocycles. The lowest BCUT2D eigenvalue weighted by Gasteiger charge is -2.13. The van der Waals surface area contributed by atoms with Crippen LogP contribution in [-0.4, -0.2) is 35.8 Å². The van der Waals surface area contributed by atoms with Crippen molar-refractivity contribution in [2.24, 2.45) is 5.73 Å². The summed E-state index contributed by atoms with van der Waals surface area (Å²) in [5.41, 5.74) is 6.92. The van der Waals surface area contributed by atoms with Crippen LogP contribution in [0.2, 0.25) is 0 Å². The van der Waals surface area contributed by atoms with E-state index >= 15 is 0 Å². The van der Waals surface area contributed by atoms with E-state index in [2.05, 4.69) is 0 Å². The molecule has 0 aliphatic carbocycles. The molecule has 1 heterocycles. The number of unbranched alkanes of at least 4 members (excludes halogenated alkanes) is 8. The molecule has 0 aromatic heterocycles. The average Bonchev–Trinajstić information content (AvgIpc) is 2.93. The van der Waals surface area contributed by atoms with Crippen molar-refractivity contribution in [1.29, 1.82) is 0 Å². The number of amides is 2. The summed E-state index contributed by atoms with van der Waals surface area (Å²) in [6.45, 7) is 2.61. The van der Waals surface area contributed by atoms with E-state index in [1.54, 1.807) is 31.2 Å². The number of nitrogens with zero attached hydrogens (tertiary/aromatic N) is 1. The van der Waals surface area contributed by atoms with Gasteiger partial charge in [-0.05, 0) is 31.9 Å². The maximum Gasteiger partial charge on any atom is 0.332 e. The molecule has 1 aromatic rings. The maximum absolute atomic E-state index is 12.3. The van der Waals surface area contributed by atoms with Crippen molar-refractivity contribution < 1.29 is 19.1 Å². The van der Waals surface area contributed by atoms with E-state index < -0.39 is 0 Å². The first kappa shape index (κ1) is 22.7. The number of hydrogen-bond acceptors (Lipinski definition) is 5. The van der Waals surface area contributed by atoms with Gasteiger partial charge in [-0.25, -0.2) is 4.79 Å². The Morgan fingerprint density at radius 3 is 1.90 bits per heavy atom. The topological polar surface area (TPSA) is 89.7 Å². The second kappa shape index (κ2) is 12.0. The SMILES string of the molecule is C/C(N)=C/C(=O)OCCCCCCCCCCCN1C(=O)c2ccccc2C1=O. The fourth-order valence-corrected chi connectivity index (χ4v) is 3.45. The number of benzene rings is 1. The Morgan fingerprint density at radius 2 is 1.38 bits per heavy atom. The molecular weight excluding hydrogens is 368 g/mol. The predicted molar refractivity (Wildman–Crippen MR) is 112 cm³/mol. The highest BCUT2D eigenvalue weighted by molar-refractivity contribution is 6.21. The summed E-state index contributed by atoms with van der Waals surface area (Å²) in [6, 6.07) is 7.02. The van der Waals surface area contributed by atoms with Gasteiger partial charge >= 0.3 is 5.97 Å². The van der Waals surface area contributed by atoms with Gasteiger partial charge in [-0.2, -0.15) is 0 Å². The Balaban J connectivity index is 1.44. The van der Waals surface area contributed by atoms with Crippen LogP contribution >= 0.6 is 0 Å². The summed E-state index contributed by atoms with van der Waals surface area (Å²) in [5, 5.41) is 0. The van der Waals surface area contributed by atoms with Gasteiger partial charge in [-0.15, -0.1) is 0 Å². The summed E-state index contributed by atoms with van der Waals surface area (Å²) in [6.07, 6.45) is 10.9. The third kappa shape index (κ3) is 7.37. The van der Waals surface area contributed by atoms with Gasteiger partial charge in [0.05, 0.1) is 17.7 Å². The van der Waals surface area contributed by atoms with Crippen molar-refractivity contribution in [2.45, 2.75) is 64.7 Å². The number of ether oxygens (including phenoxy) is 1. The van der Waals surface area contributed by atoms with Crippen molar-refractivity contribution in [3.8, 4) is 0 Å². The molecular formula is C23H32N2O4. The minimum atomic E-state index is -0.369. The third-order valence-electron chi connectivity index (χ3n) is 4.99. The number of rotatable bonds is 13. The summed E-state index contributed by atoms with van der Waals surface area (Å²) >= 11 is 0. The number of allylic oxidation sites excluding steroid dienone is 1. The van der Waals surface area contributed by atoms with Crippen LogP contribution in [0.5, 0.6) is 0 Å². The average molecular weight is 401 g/mol. The number of carbonyl (C=O) groups is 3. The van der Waals surface area contributed by atoms with Crippen molar-refractivity contribution in [2.75, 3.05) is 13.2 Å². The van der Waals surface area contributed by atoms with Crippen LogP contribution in [0.15, 0.2) is 36.0 Å². The van der Waals surface area contributed by atoms with Crippen LogP contribution in [0.3, 0.4) is 0 Å². The molecule has 0 saturated heterocycles. The first-order valence-electron chi connectivity index (χ1n) is 10.6. The van der Waals surface area contributed by atoms with E-state index in [-0.39, 0.29) is 17.8 Å². The number of hydrogen-bond donors (Lipinski definition) is 1. The van der Waals surface area contributed by atoms with Gasteiger partial charge in [0.25, 0.3) is 11.8 Å². The summed E-state index contributed by atoms with van der Waals surface area (Å²) in [4.78, 5) is 37.2.